The molecule has 0 unspecified atom stereocenters. The molecule has 8 heteroatoms. The average Bonchev–Trinajstić information content (AvgIpc) is 3.30. The van der Waals surface area contributed by atoms with Crippen molar-refractivity contribution in [1.82, 2.24) is 9.88 Å². The van der Waals surface area contributed by atoms with E-state index in [1.807, 2.05) is 59.6 Å². The van der Waals surface area contributed by atoms with Gasteiger partial charge >= 0.3 is 0 Å². The van der Waals surface area contributed by atoms with Crippen LogP contribution in [0.25, 0.3) is 6.08 Å². The Kier molecular flexibility index (Phi) is 8.16. The number of rotatable bonds is 7. The second-order valence-corrected chi connectivity index (χ2v) is 10.1. The van der Waals surface area contributed by atoms with Crippen molar-refractivity contribution in [1.29, 1.82) is 0 Å². The SMILES string of the molecule is CC(=O)N(c1ccccc1)c1nc(/C=C/C(=O)Nc2cccc(CN3CCSCC3)c2C)cs1. The van der Waals surface area contributed by atoms with Crippen LogP contribution in [0, 0.1) is 6.92 Å². The standard InChI is InChI=1S/C26H28N4O2S2/c1-19-21(17-29-13-15-33-16-14-29)7-6-10-24(19)28-25(32)12-11-22-18-34-26(27-22)30(20(2)31)23-8-4-3-5-9-23/h3-12,18H,13-17H2,1-2H3,(H,28,32)/b12-11+. The molecule has 176 valence electrons. The fourth-order valence-corrected chi connectivity index (χ4v) is 5.62. The highest BCUT2D eigenvalue weighted by Gasteiger charge is 2.17. The second-order valence-electron chi connectivity index (χ2n) is 8.05. The highest BCUT2D eigenvalue weighted by molar-refractivity contribution is 7.99. The van der Waals surface area contributed by atoms with E-state index in [4.69, 9.17) is 0 Å². The van der Waals surface area contributed by atoms with E-state index in [9.17, 15) is 9.59 Å². The summed E-state index contributed by atoms with van der Waals surface area (Å²) in [5.41, 5.74) is 4.55. The van der Waals surface area contributed by atoms with Gasteiger partial charge in [-0.25, -0.2) is 4.98 Å². The van der Waals surface area contributed by atoms with Gasteiger partial charge in [-0.05, 0) is 42.3 Å². The summed E-state index contributed by atoms with van der Waals surface area (Å²) in [6.07, 6.45) is 3.15. The van der Waals surface area contributed by atoms with Crippen LogP contribution in [-0.4, -0.2) is 46.3 Å². The maximum atomic E-state index is 12.6. The lowest BCUT2D eigenvalue weighted by atomic mass is 10.1. The number of anilines is 3. The maximum Gasteiger partial charge on any atom is 0.248 e. The average molecular weight is 493 g/mol. The van der Waals surface area contributed by atoms with E-state index in [0.29, 0.717) is 10.8 Å². The number of amides is 2. The van der Waals surface area contributed by atoms with E-state index in [0.717, 1.165) is 36.6 Å². The molecule has 1 aliphatic rings. The lowest BCUT2D eigenvalue weighted by Gasteiger charge is -2.27. The molecule has 2 amide bonds. The Morgan fingerprint density at radius 2 is 1.88 bits per heavy atom. The zero-order chi connectivity index (χ0) is 23.9. The molecular formula is C26H28N4O2S2. The van der Waals surface area contributed by atoms with Gasteiger partial charge in [0.15, 0.2) is 5.13 Å². The summed E-state index contributed by atoms with van der Waals surface area (Å²) in [5, 5.41) is 5.40. The quantitative estimate of drug-likeness (QED) is 0.451. The molecule has 4 rings (SSSR count). The zero-order valence-electron chi connectivity index (χ0n) is 19.4. The number of aromatic nitrogens is 1. The van der Waals surface area contributed by atoms with E-state index in [-0.39, 0.29) is 11.8 Å². The monoisotopic (exact) mass is 492 g/mol. The second kappa shape index (κ2) is 11.5. The molecule has 1 aromatic heterocycles. The van der Waals surface area contributed by atoms with Gasteiger partial charge in [0.05, 0.1) is 11.4 Å². The third-order valence-electron chi connectivity index (χ3n) is 5.64. The summed E-state index contributed by atoms with van der Waals surface area (Å²) in [5.74, 6) is 2.02. The third-order valence-corrected chi connectivity index (χ3v) is 7.42. The molecule has 2 heterocycles. The number of thiazole rings is 1. The van der Waals surface area contributed by atoms with Crippen molar-refractivity contribution in [3.05, 3.63) is 76.8 Å². The smallest absolute Gasteiger partial charge is 0.248 e. The Bertz CT molecular complexity index is 1170. The summed E-state index contributed by atoms with van der Waals surface area (Å²) in [4.78, 5) is 33.4. The highest BCUT2D eigenvalue weighted by atomic mass is 32.2. The number of benzene rings is 2. The zero-order valence-corrected chi connectivity index (χ0v) is 21.0. The molecule has 34 heavy (non-hydrogen) atoms. The molecule has 0 aliphatic carbocycles. The molecule has 1 fully saturated rings. The van der Waals surface area contributed by atoms with E-state index >= 15 is 0 Å². The molecule has 2 aromatic carbocycles. The third kappa shape index (κ3) is 6.14. The molecule has 0 atom stereocenters. The van der Waals surface area contributed by atoms with Gasteiger partial charge in [-0.2, -0.15) is 11.8 Å². The van der Waals surface area contributed by atoms with Crippen LogP contribution in [0.1, 0.15) is 23.7 Å². The molecular weight excluding hydrogens is 464 g/mol. The normalized spacial score (nSPS) is 14.3. The van der Waals surface area contributed by atoms with Crippen molar-refractivity contribution in [2.75, 3.05) is 34.8 Å². The number of carbonyl (C=O) groups excluding carboxylic acids is 2. The topological polar surface area (TPSA) is 65.5 Å². The summed E-state index contributed by atoms with van der Waals surface area (Å²) in [6.45, 7) is 6.68. The number of para-hydroxylation sites is 1. The van der Waals surface area contributed by atoms with Crippen LogP contribution in [0.15, 0.2) is 60.0 Å². The van der Waals surface area contributed by atoms with E-state index in [1.54, 1.807) is 11.0 Å². The fraction of sp³-hybridized carbons (Fsp3) is 0.269. The number of hydrogen-bond acceptors (Lipinski definition) is 6. The van der Waals surface area contributed by atoms with Gasteiger partial charge < -0.3 is 5.32 Å². The molecule has 0 radical (unpaired) electrons. The number of thioether (sulfide) groups is 1. The predicted molar refractivity (Wildman–Crippen MR) is 143 cm³/mol. The van der Waals surface area contributed by atoms with Crippen LogP contribution in [-0.2, 0) is 16.1 Å². The van der Waals surface area contributed by atoms with E-state index in [1.165, 1.54) is 41.4 Å². The summed E-state index contributed by atoms with van der Waals surface area (Å²) < 4.78 is 0. The molecule has 1 saturated heterocycles. The van der Waals surface area contributed by atoms with Crippen LogP contribution in [0.3, 0.4) is 0 Å². The van der Waals surface area contributed by atoms with Crippen LogP contribution in [0.2, 0.25) is 0 Å². The Hall–Kier alpha value is -2.94. The van der Waals surface area contributed by atoms with Crippen molar-refractivity contribution in [3.8, 4) is 0 Å². The van der Waals surface area contributed by atoms with Gasteiger partial charge in [-0.3, -0.25) is 19.4 Å². The van der Waals surface area contributed by atoms with Crippen molar-refractivity contribution in [2.24, 2.45) is 0 Å². The van der Waals surface area contributed by atoms with Gasteiger partial charge in [0, 0.05) is 55.2 Å². The molecule has 1 aliphatic heterocycles. The van der Waals surface area contributed by atoms with Crippen LogP contribution in [0.5, 0.6) is 0 Å². The van der Waals surface area contributed by atoms with Gasteiger partial charge in [0.25, 0.3) is 0 Å². The summed E-state index contributed by atoms with van der Waals surface area (Å²) in [6, 6.07) is 15.5. The molecule has 0 spiro atoms. The van der Waals surface area contributed by atoms with Crippen molar-refractivity contribution in [3.63, 3.8) is 0 Å². The lowest BCUT2D eigenvalue weighted by molar-refractivity contribution is -0.116. The first-order valence-electron chi connectivity index (χ1n) is 11.2. The lowest BCUT2D eigenvalue weighted by Crippen LogP contribution is -2.32. The minimum absolute atomic E-state index is 0.118. The van der Waals surface area contributed by atoms with Gasteiger partial charge in [0.2, 0.25) is 11.8 Å². The van der Waals surface area contributed by atoms with E-state index in [2.05, 4.69) is 28.2 Å². The minimum Gasteiger partial charge on any atom is -0.322 e. The van der Waals surface area contributed by atoms with Gasteiger partial charge in [0.1, 0.15) is 0 Å². The Balaban J connectivity index is 1.41. The molecule has 3 aromatic rings. The van der Waals surface area contributed by atoms with Crippen LogP contribution < -0.4 is 10.2 Å². The fourth-order valence-electron chi connectivity index (χ4n) is 3.79. The Morgan fingerprint density at radius 3 is 2.62 bits per heavy atom. The van der Waals surface area contributed by atoms with E-state index < -0.39 is 0 Å². The van der Waals surface area contributed by atoms with Crippen LogP contribution >= 0.6 is 23.1 Å². The molecule has 0 saturated carbocycles. The number of carbonyl (C=O) groups is 2. The Labute approximate surface area is 208 Å². The first-order chi connectivity index (χ1) is 16.5. The minimum atomic E-state index is -0.212. The van der Waals surface area contributed by atoms with Gasteiger partial charge in [-0.1, -0.05) is 30.3 Å². The first kappa shape index (κ1) is 24.2. The molecule has 1 N–H and O–H groups in total. The van der Waals surface area contributed by atoms with Crippen molar-refractivity contribution in [2.45, 2.75) is 20.4 Å². The van der Waals surface area contributed by atoms with Crippen molar-refractivity contribution < 1.29 is 9.59 Å². The highest BCUT2D eigenvalue weighted by Crippen LogP contribution is 2.29. The maximum absolute atomic E-state index is 12.6. The predicted octanol–water partition coefficient (Wildman–Crippen LogP) is 5.34. The molecule has 0 bridgehead atoms. The van der Waals surface area contributed by atoms with Crippen molar-refractivity contribution >= 4 is 57.5 Å². The number of nitrogens with zero attached hydrogens (tertiary/aromatic N) is 3. The number of nitrogens with one attached hydrogen (secondary N) is 1. The molecule has 6 nitrogen and oxygen atoms in total. The first-order valence-corrected chi connectivity index (χ1v) is 13.2. The number of hydrogen-bond donors (Lipinski definition) is 1. The van der Waals surface area contributed by atoms with Crippen LogP contribution in [0.4, 0.5) is 16.5 Å². The summed E-state index contributed by atoms with van der Waals surface area (Å²) >= 11 is 3.36. The Morgan fingerprint density at radius 1 is 1.12 bits per heavy atom. The largest absolute Gasteiger partial charge is 0.322 e. The van der Waals surface area contributed by atoms with Gasteiger partial charge in [-0.15, -0.1) is 11.3 Å². The summed E-state index contributed by atoms with van der Waals surface area (Å²) in [7, 11) is 0.